The minimum absolute atomic E-state index is 0.117. The van der Waals surface area contributed by atoms with Gasteiger partial charge in [0.25, 0.3) is 0 Å². The lowest BCUT2D eigenvalue weighted by Crippen LogP contribution is -2.28. The number of pyridine rings is 1. The predicted octanol–water partition coefficient (Wildman–Crippen LogP) is 1.72. The summed E-state index contributed by atoms with van der Waals surface area (Å²) in [5.74, 6) is 0.810. The first-order valence-electron chi connectivity index (χ1n) is 7.67. The van der Waals surface area contributed by atoms with E-state index in [-0.39, 0.29) is 12.1 Å². The first kappa shape index (κ1) is 15.4. The zero-order valence-corrected chi connectivity index (χ0v) is 12.9. The van der Waals surface area contributed by atoms with Crippen LogP contribution in [0.5, 0.6) is 5.88 Å². The second-order valence-electron chi connectivity index (χ2n) is 5.18. The largest absolute Gasteiger partial charge is 0.474 e. The van der Waals surface area contributed by atoms with Gasteiger partial charge in [-0.2, -0.15) is 4.98 Å². The van der Waals surface area contributed by atoms with Gasteiger partial charge >= 0.3 is 6.03 Å². The Hall–Kier alpha value is -2.48. The van der Waals surface area contributed by atoms with Gasteiger partial charge in [0, 0.05) is 13.2 Å². The molecule has 0 aliphatic carbocycles. The van der Waals surface area contributed by atoms with E-state index in [0.29, 0.717) is 36.0 Å². The molecule has 2 amide bonds. The molecule has 3 heterocycles. The summed E-state index contributed by atoms with van der Waals surface area (Å²) in [6.07, 6.45) is 3.75. The number of carbonyl (C=O) groups excluding carboxylic acids is 1. The molecule has 1 atom stereocenters. The van der Waals surface area contributed by atoms with Crippen molar-refractivity contribution in [3.63, 3.8) is 0 Å². The molecule has 8 nitrogen and oxygen atoms in total. The molecule has 0 saturated carbocycles. The molecule has 0 bridgehead atoms. The van der Waals surface area contributed by atoms with E-state index >= 15 is 0 Å². The molecule has 0 spiro atoms. The summed E-state index contributed by atoms with van der Waals surface area (Å²) >= 11 is 0. The van der Waals surface area contributed by atoms with Crippen molar-refractivity contribution in [2.45, 2.75) is 25.9 Å². The predicted molar refractivity (Wildman–Crippen MR) is 84.5 cm³/mol. The van der Waals surface area contributed by atoms with Crippen molar-refractivity contribution >= 4 is 23.0 Å². The minimum Gasteiger partial charge on any atom is -0.474 e. The molecule has 1 unspecified atom stereocenters. The zero-order chi connectivity index (χ0) is 16.1. The van der Waals surface area contributed by atoms with Gasteiger partial charge in [0.2, 0.25) is 5.88 Å². The van der Waals surface area contributed by atoms with Crippen molar-refractivity contribution in [1.29, 1.82) is 0 Å². The van der Waals surface area contributed by atoms with Crippen molar-refractivity contribution in [3.05, 3.63) is 18.3 Å². The van der Waals surface area contributed by atoms with E-state index in [1.54, 1.807) is 18.3 Å². The number of amides is 2. The summed E-state index contributed by atoms with van der Waals surface area (Å²) in [5, 5.41) is 5.28. The summed E-state index contributed by atoms with van der Waals surface area (Å²) in [5.41, 5.74) is 1.06. The van der Waals surface area contributed by atoms with Gasteiger partial charge in [-0.15, -0.1) is 0 Å². The lowest BCUT2D eigenvalue weighted by molar-refractivity contribution is 0.0663. The number of hydrogen-bond acceptors (Lipinski definition) is 6. The van der Waals surface area contributed by atoms with E-state index in [0.717, 1.165) is 19.4 Å². The number of hydrogen-bond donors (Lipinski definition) is 2. The highest BCUT2D eigenvalue weighted by atomic mass is 16.5. The van der Waals surface area contributed by atoms with Crippen LogP contribution in [0, 0.1) is 0 Å². The van der Waals surface area contributed by atoms with Crippen LogP contribution in [-0.2, 0) is 4.74 Å². The molecule has 0 radical (unpaired) electrons. The smallest absolute Gasteiger partial charge is 0.320 e. The van der Waals surface area contributed by atoms with Gasteiger partial charge in [-0.25, -0.2) is 14.8 Å². The summed E-state index contributed by atoms with van der Waals surface area (Å²) in [4.78, 5) is 24.4. The fraction of sp³-hybridized carbons (Fsp3) is 0.467. The van der Waals surface area contributed by atoms with Crippen LogP contribution in [0.3, 0.4) is 0 Å². The van der Waals surface area contributed by atoms with Crippen molar-refractivity contribution in [2.75, 3.05) is 25.1 Å². The van der Waals surface area contributed by atoms with E-state index in [1.807, 2.05) is 6.92 Å². The Morgan fingerprint density at radius 1 is 1.43 bits per heavy atom. The van der Waals surface area contributed by atoms with Crippen LogP contribution in [0.25, 0.3) is 11.2 Å². The van der Waals surface area contributed by atoms with Crippen LogP contribution in [0.1, 0.15) is 19.8 Å². The molecule has 1 aliphatic heterocycles. The normalized spacial score (nSPS) is 17.2. The first-order valence-corrected chi connectivity index (χ1v) is 7.67. The number of nitrogens with zero attached hydrogens (tertiary/aromatic N) is 3. The van der Waals surface area contributed by atoms with Crippen LogP contribution in [0.15, 0.2) is 18.3 Å². The Bertz CT molecular complexity index is 688. The lowest BCUT2D eigenvalue weighted by atomic mass is 10.2. The summed E-state index contributed by atoms with van der Waals surface area (Å²) in [6, 6.07) is 3.12. The Kier molecular flexibility index (Phi) is 4.82. The molecule has 23 heavy (non-hydrogen) atoms. The molecule has 2 N–H and O–H groups in total. The number of anilines is 1. The highest BCUT2D eigenvalue weighted by Crippen LogP contribution is 2.17. The van der Waals surface area contributed by atoms with Gasteiger partial charge in [-0.3, -0.25) is 5.32 Å². The van der Waals surface area contributed by atoms with Crippen molar-refractivity contribution in [3.8, 4) is 5.88 Å². The summed E-state index contributed by atoms with van der Waals surface area (Å²) < 4.78 is 11.1. The maximum Gasteiger partial charge on any atom is 0.320 e. The topological polar surface area (TPSA) is 98.3 Å². The molecule has 1 fully saturated rings. The SMILES string of the molecule is CCNC(=O)Nc1ccc2ncc(OCC3CCCO3)nc2n1. The number of urea groups is 1. The quantitative estimate of drug-likeness (QED) is 0.871. The number of carbonyl (C=O) groups is 1. The van der Waals surface area contributed by atoms with Crippen LogP contribution in [0.2, 0.25) is 0 Å². The van der Waals surface area contributed by atoms with E-state index < -0.39 is 0 Å². The van der Waals surface area contributed by atoms with Gasteiger partial charge in [-0.1, -0.05) is 0 Å². The number of aromatic nitrogens is 3. The fourth-order valence-corrected chi connectivity index (χ4v) is 2.30. The Labute approximate surface area is 133 Å². The van der Waals surface area contributed by atoms with Gasteiger partial charge < -0.3 is 14.8 Å². The zero-order valence-electron chi connectivity index (χ0n) is 12.9. The van der Waals surface area contributed by atoms with Crippen molar-refractivity contribution < 1.29 is 14.3 Å². The molecule has 1 aliphatic rings. The maximum absolute atomic E-state index is 11.5. The van der Waals surface area contributed by atoms with Crippen molar-refractivity contribution in [1.82, 2.24) is 20.3 Å². The number of rotatable bonds is 5. The van der Waals surface area contributed by atoms with E-state index in [4.69, 9.17) is 9.47 Å². The van der Waals surface area contributed by atoms with Gasteiger partial charge in [-0.05, 0) is 31.9 Å². The molecule has 2 aromatic rings. The minimum atomic E-state index is -0.307. The van der Waals surface area contributed by atoms with E-state index in [2.05, 4.69) is 25.6 Å². The number of fused-ring (bicyclic) bond motifs is 1. The van der Waals surface area contributed by atoms with Crippen LogP contribution >= 0.6 is 0 Å². The van der Waals surface area contributed by atoms with Gasteiger partial charge in [0.05, 0.1) is 12.3 Å². The third-order valence-corrected chi connectivity index (χ3v) is 3.40. The fourth-order valence-electron chi connectivity index (χ4n) is 2.30. The second-order valence-corrected chi connectivity index (χ2v) is 5.18. The Morgan fingerprint density at radius 3 is 3.13 bits per heavy atom. The second kappa shape index (κ2) is 7.19. The van der Waals surface area contributed by atoms with E-state index in [1.165, 1.54) is 0 Å². The Balaban J connectivity index is 1.70. The molecule has 0 aromatic carbocycles. The highest BCUT2D eigenvalue weighted by Gasteiger charge is 2.16. The lowest BCUT2D eigenvalue weighted by Gasteiger charge is -2.10. The third-order valence-electron chi connectivity index (χ3n) is 3.40. The highest BCUT2D eigenvalue weighted by molar-refractivity contribution is 5.89. The number of ether oxygens (including phenoxy) is 2. The van der Waals surface area contributed by atoms with Gasteiger partial charge in [0.15, 0.2) is 5.65 Å². The third kappa shape index (κ3) is 4.04. The molecule has 122 valence electrons. The number of nitrogens with one attached hydrogen (secondary N) is 2. The van der Waals surface area contributed by atoms with Crippen LogP contribution in [-0.4, -0.2) is 46.8 Å². The molecular formula is C15H19N5O3. The molecule has 8 heteroatoms. The molecule has 2 aromatic heterocycles. The summed E-state index contributed by atoms with van der Waals surface area (Å²) in [6.45, 7) is 3.63. The molecule has 3 rings (SSSR count). The maximum atomic E-state index is 11.5. The van der Waals surface area contributed by atoms with Crippen molar-refractivity contribution in [2.24, 2.45) is 0 Å². The monoisotopic (exact) mass is 317 g/mol. The molecular weight excluding hydrogens is 298 g/mol. The van der Waals surface area contributed by atoms with Crippen LogP contribution < -0.4 is 15.4 Å². The average molecular weight is 317 g/mol. The first-order chi connectivity index (χ1) is 11.2. The van der Waals surface area contributed by atoms with E-state index in [9.17, 15) is 4.79 Å². The van der Waals surface area contributed by atoms with Crippen LogP contribution in [0.4, 0.5) is 10.6 Å². The summed E-state index contributed by atoms with van der Waals surface area (Å²) in [7, 11) is 0. The molecule has 1 saturated heterocycles. The average Bonchev–Trinajstić information content (AvgIpc) is 3.06. The van der Waals surface area contributed by atoms with Gasteiger partial charge in [0.1, 0.15) is 17.9 Å². The standard InChI is InChI=1S/C15H19N5O3/c1-2-16-15(21)19-12-6-5-11-14(18-12)20-13(8-17-11)23-9-10-4-3-7-22-10/h5-6,8,10H,2-4,7,9H2,1H3,(H2,16,18,19,20,21). The Morgan fingerprint density at radius 2 is 2.35 bits per heavy atom.